The zero-order valence-corrected chi connectivity index (χ0v) is 18.8. The first-order chi connectivity index (χ1) is 15.7. The summed E-state index contributed by atoms with van der Waals surface area (Å²) in [7, 11) is -4.01. The minimum Gasteiger partial charge on any atom is -0.340 e. The minimum absolute atomic E-state index is 0.0324. The van der Waals surface area contributed by atoms with Crippen LogP contribution in [0.4, 0.5) is 8.78 Å². The number of hydrogen-bond donors (Lipinski definition) is 0. The highest BCUT2D eigenvalue weighted by molar-refractivity contribution is 7.89. The molecule has 1 saturated heterocycles. The van der Waals surface area contributed by atoms with Crippen LogP contribution in [0.5, 0.6) is 0 Å². The molecule has 0 spiro atoms. The summed E-state index contributed by atoms with van der Waals surface area (Å²) in [6.45, 7) is 1.82. The van der Waals surface area contributed by atoms with E-state index in [1.54, 1.807) is 11.1 Å². The predicted octanol–water partition coefficient (Wildman–Crippen LogP) is 2.76. The van der Waals surface area contributed by atoms with Crippen molar-refractivity contribution in [2.75, 3.05) is 26.2 Å². The second-order valence-electron chi connectivity index (χ2n) is 7.95. The molecule has 0 radical (unpaired) electrons. The van der Waals surface area contributed by atoms with Gasteiger partial charge in [-0.05, 0) is 35.4 Å². The average Bonchev–Trinajstić information content (AvgIpc) is 2.80. The number of hydrogen-bond acceptors (Lipinski definition) is 4. The van der Waals surface area contributed by atoms with Crippen molar-refractivity contribution in [3.05, 3.63) is 71.4 Å². The van der Waals surface area contributed by atoms with Gasteiger partial charge in [-0.25, -0.2) is 17.2 Å². The lowest BCUT2D eigenvalue weighted by molar-refractivity contribution is -0.135. The standard InChI is InChI=1S/C23H23F2N3O4S/c1-16(29)28-9-8-17-4-2-3-5-19(17)22(28)15-23(30)26-10-12-27(13-11-26)33(31,32)18-6-7-20(24)21(25)14-18/h2-9,14,22H,10-13,15H2,1H3/t22-/m0/s1. The van der Waals surface area contributed by atoms with Crippen LogP contribution in [0.1, 0.15) is 30.5 Å². The molecule has 0 saturated carbocycles. The number of benzene rings is 2. The van der Waals surface area contributed by atoms with Crippen LogP contribution >= 0.6 is 0 Å². The van der Waals surface area contributed by atoms with E-state index >= 15 is 0 Å². The van der Waals surface area contributed by atoms with Crippen molar-refractivity contribution in [2.24, 2.45) is 0 Å². The maximum Gasteiger partial charge on any atom is 0.243 e. The molecule has 2 amide bonds. The van der Waals surface area contributed by atoms with Crippen molar-refractivity contribution >= 4 is 27.9 Å². The third-order valence-corrected chi connectivity index (χ3v) is 7.85. The van der Waals surface area contributed by atoms with Crippen LogP contribution in [0, 0.1) is 11.6 Å². The molecule has 2 aliphatic rings. The first-order valence-corrected chi connectivity index (χ1v) is 11.9. The Morgan fingerprint density at radius 3 is 2.36 bits per heavy atom. The second-order valence-corrected chi connectivity index (χ2v) is 9.89. The molecule has 10 heteroatoms. The molecule has 1 atom stereocenters. The highest BCUT2D eigenvalue weighted by atomic mass is 32.2. The lowest BCUT2D eigenvalue weighted by Crippen LogP contribution is -2.51. The zero-order valence-electron chi connectivity index (χ0n) is 17.9. The lowest BCUT2D eigenvalue weighted by Gasteiger charge is -2.37. The maximum absolute atomic E-state index is 13.5. The van der Waals surface area contributed by atoms with Crippen LogP contribution in [-0.2, 0) is 19.6 Å². The van der Waals surface area contributed by atoms with Gasteiger partial charge in [0.05, 0.1) is 17.4 Å². The first kappa shape index (κ1) is 23.1. The van der Waals surface area contributed by atoms with Crippen LogP contribution in [0.25, 0.3) is 6.08 Å². The van der Waals surface area contributed by atoms with Gasteiger partial charge in [-0.2, -0.15) is 4.31 Å². The fourth-order valence-corrected chi connectivity index (χ4v) is 5.61. The number of carbonyl (C=O) groups is 2. The van der Waals surface area contributed by atoms with Crippen LogP contribution in [-0.4, -0.2) is 60.5 Å². The third kappa shape index (κ3) is 4.53. The number of nitrogens with zero attached hydrogens (tertiary/aromatic N) is 3. The molecule has 0 N–H and O–H groups in total. The number of sulfonamides is 1. The van der Waals surface area contributed by atoms with Gasteiger partial charge in [-0.3, -0.25) is 9.59 Å². The Morgan fingerprint density at radius 2 is 1.70 bits per heavy atom. The van der Waals surface area contributed by atoms with Gasteiger partial charge in [0, 0.05) is 39.3 Å². The molecule has 174 valence electrons. The van der Waals surface area contributed by atoms with Crippen molar-refractivity contribution in [3.8, 4) is 0 Å². The fraction of sp³-hybridized carbons (Fsp3) is 0.304. The SMILES string of the molecule is CC(=O)N1C=Cc2ccccc2[C@@H]1CC(=O)N1CCN(S(=O)(=O)c2ccc(F)c(F)c2)CC1. The molecular formula is C23H23F2N3O4S. The minimum atomic E-state index is -4.01. The topological polar surface area (TPSA) is 78.0 Å². The summed E-state index contributed by atoms with van der Waals surface area (Å²) in [5.74, 6) is -2.73. The molecule has 4 rings (SSSR count). The summed E-state index contributed by atoms with van der Waals surface area (Å²) in [6, 6.07) is 9.57. The van der Waals surface area contributed by atoms with E-state index in [-0.39, 0.29) is 49.3 Å². The normalized spacial score (nSPS) is 18.8. The maximum atomic E-state index is 13.5. The molecule has 2 heterocycles. The molecule has 33 heavy (non-hydrogen) atoms. The van der Waals surface area contributed by atoms with Gasteiger partial charge >= 0.3 is 0 Å². The van der Waals surface area contributed by atoms with Gasteiger partial charge in [-0.1, -0.05) is 24.3 Å². The largest absolute Gasteiger partial charge is 0.340 e. The molecular weight excluding hydrogens is 452 g/mol. The summed E-state index contributed by atoms with van der Waals surface area (Å²) in [6.07, 6.45) is 3.57. The number of fused-ring (bicyclic) bond motifs is 1. The third-order valence-electron chi connectivity index (χ3n) is 5.96. The van der Waals surface area contributed by atoms with Gasteiger partial charge in [0.15, 0.2) is 11.6 Å². The molecule has 1 fully saturated rings. The van der Waals surface area contributed by atoms with Gasteiger partial charge in [0.2, 0.25) is 21.8 Å². The molecule has 7 nitrogen and oxygen atoms in total. The van der Waals surface area contributed by atoms with E-state index in [4.69, 9.17) is 0 Å². The summed E-state index contributed by atoms with van der Waals surface area (Å²) in [5.41, 5.74) is 1.82. The Labute approximate surface area is 190 Å². The number of carbonyl (C=O) groups excluding carboxylic acids is 2. The Bertz CT molecular complexity index is 1220. The van der Waals surface area contributed by atoms with Crippen molar-refractivity contribution in [2.45, 2.75) is 24.3 Å². The predicted molar refractivity (Wildman–Crippen MR) is 117 cm³/mol. The highest BCUT2D eigenvalue weighted by Crippen LogP contribution is 2.33. The Kier molecular flexibility index (Phi) is 6.31. The van der Waals surface area contributed by atoms with E-state index < -0.39 is 27.7 Å². The highest BCUT2D eigenvalue weighted by Gasteiger charge is 2.33. The summed E-state index contributed by atoms with van der Waals surface area (Å²) in [4.78, 5) is 28.0. The number of piperazine rings is 1. The molecule has 0 bridgehead atoms. The lowest BCUT2D eigenvalue weighted by atomic mass is 9.93. The summed E-state index contributed by atoms with van der Waals surface area (Å²) >= 11 is 0. The zero-order chi connectivity index (χ0) is 23.8. The van der Waals surface area contributed by atoms with E-state index in [9.17, 15) is 26.8 Å². The molecule has 2 aliphatic heterocycles. The van der Waals surface area contributed by atoms with E-state index in [1.807, 2.05) is 30.3 Å². The molecule has 2 aromatic carbocycles. The van der Waals surface area contributed by atoms with Gasteiger partial charge < -0.3 is 9.80 Å². The smallest absolute Gasteiger partial charge is 0.243 e. The Hall–Kier alpha value is -3.11. The van der Waals surface area contributed by atoms with Crippen LogP contribution in [0.2, 0.25) is 0 Å². The van der Waals surface area contributed by atoms with E-state index in [0.29, 0.717) is 6.07 Å². The average molecular weight is 476 g/mol. The number of amides is 2. The monoisotopic (exact) mass is 475 g/mol. The number of rotatable bonds is 4. The fourth-order valence-electron chi connectivity index (χ4n) is 4.17. The van der Waals surface area contributed by atoms with E-state index in [2.05, 4.69) is 0 Å². The van der Waals surface area contributed by atoms with E-state index in [1.165, 1.54) is 11.8 Å². The second kappa shape index (κ2) is 9.03. The molecule has 0 unspecified atom stereocenters. The van der Waals surface area contributed by atoms with Gasteiger partial charge in [0.1, 0.15) is 0 Å². The molecule has 0 aliphatic carbocycles. The van der Waals surface area contributed by atoms with Crippen molar-refractivity contribution in [1.29, 1.82) is 0 Å². The summed E-state index contributed by atoms with van der Waals surface area (Å²) in [5, 5.41) is 0. The van der Waals surface area contributed by atoms with Crippen molar-refractivity contribution in [1.82, 2.24) is 14.1 Å². The van der Waals surface area contributed by atoms with Gasteiger partial charge in [0.25, 0.3) is 0 Å². The van der Waals surface area contributed by atoms with Gasteiger partial charge in [-0.15, -0.1) is 0 Å². The summed E-state index contributed by atoms with van der Waals surface area (Å²) < 4.78 is 53.4. The van der Waals surface area contributed by atoms with Crippen LogP contribution in [0.15, 0.2) is 53.6 Å². The van der Waals surface area contributed by atoms with Crippen LogP contribution < -0.4 is 0 Å². The van der Waals surface area contributed by atoms with Crippen LogP contribution in [0.3, 0.4) is 0 Å². The Morgan fingerprint density at radius 1 is 1.00 bits per heavy atom. The van der Waals surface area contributed by atoms with Crippen molar-refractivity contribution in [3.63, 3.8) is 0 Å². The van der Waals surface area contributed by atoms with Crippen molar-refractivity contribution < 1.29 is 26.8 Å². The number of halogens is 2. The quantitative estimate of drug-likeness (QED) is 0.682. The molecule has 2 aromatic rings. The Balaban J connectivity index is 1.44. The van der Waals surface area contributed by atoms with E-state index in [0.717, 1.165) is 27.6 Å². The molecule has 0 aromatic heterocycles. The first-order valence-electron chi connectivity index (χ1n) is 10.5.